The van der Waals surface area contributed by atoms with Gasteiger partial charge in [0.05, 0.1) is 19.8 Å². The molecule has 2 saturated heterocycles. The molecular formula is C29H35NO6. The zero-order chi connectivity index (χ0) is 25.9. The van der Waals surface area contributed by atoms with Crippen molar-refractivity contribution in [2.45, 2.75) is 51.6 Å². The summed E-state index contributed by atoms with van der Waals surface area (Å²) in [4.78, 5) is 15.0. The maximum atomic E-state index is 13.3. The summed E-state index contributed by atoms with van der Waals surface area (Å²) in [5, 5.41) is 10.8. The Morgan fingerprint density at radius 2 is 1.94 bits per heavy atom. The van der Waals surface area contributed by atoms with E-state index >= 15 is 0 Å². The smallest absolute Gasteiger partial charge is 0.254 e. The van der Waals surface area contributed by atoms with Crippen LogP contribution in [-0.2, 0) is 14.3 Å². The first kappa shape index (κ1) is 26.0. The molecule has 4 rings (SSSR count). The highest BCUT2D eigenvalue weighted by molar-refractivity contribution is 5.82. The van der Waals surface area contributed by atoms with E-state index in [2.05, 4.69) is 11.8 Å². The second kappa shape index (κ2) is 10.5. The molecular weight excluding hydrogens is 458 g/mol. The summed E-state index contributed by atoms with van der Waals surface area (Å²) in [6.45, 7) is 8.70. The lowest BCUT2D eigenvalue weighted by molar-refractivity contribution is -0.159. The molecule has 1 N–H and O–H groups in total. The lowest BCUT2D eigenvalue weighted by Gasteiger charge is -2.34. The van der Waals surface area contributed by atoms with E-state index in [4.69, 9.17) is 18.9 Å². The SMILES string of the molecule is COc1ccc([C@@H]2CN(C(=O)C3COC(C)(C)O3)C[C@@]2(C)[C@@H](C)O)cc1OCC#Cc1ccccc1. The van der Waals surface area contributed by atoms with Crippen LogP contribution in [0.4, 0.5) is 0 Å². The third-order valence-electron chi connectivity index (χ3n) is 7.18. The van der Waals surface area contributed by atoms with Gasteiger partial charge in [0.2, 0.25) is 0 Å². The number of hydrogen-bond donors (Lipinski definition) is 1. The van der Waals surface area contributed by atoms with E-state index in [9.17, 15) is 9.90 Å². The van der Waals surface area contributed by atoms with E-state index in [1.165, 1.54) is 0 Å². The number of carbonyl (C=O) groups is 1. The van der Waals surface area contributed by atoms with Gasteiger partial charge in [-0.3, -0.25) is 4.79 Å². The Kier molecular flexibility index (Phi) is 7.60. The monoisotopic (exact) mass is 493 g/mol. The van der Waals surface area contributed by atoms with Gasteiger partial charge in [-0.1, -0.05) is 43.0 Å². The summed E-state index contributed by atoms with van der Waals surface area (Å²) >= 11 is 0. The first-order valence-corrected chi connectivity index (χ1v) is 12.3. The van der Waals surface area contributed by atoms with Crippen LogP contribution in [0, 0.1) is 17.3 Å². The molecule has 2 heterocycles. The minimum absolute atomic E-state index is 0.111. The largest absolute Gasteiger partial charge is 0.493 e. The molecule has 192 valence electrons. The van der Waals surface area contributed by atoms with Crippen LogP contribution in [0.5, 0.6) is 11.5 Å². The van der Waals surface area contributed by atoms with Gasteiger partial charge in [0.15, 0.2) is 23.4 Å². The Morgan fingerprint density at radius 3 is 2.58 bits per heavy atom. The highest BCUT2D eigenvalue weighted by Crippen LogP contribution is 2.47. The number of likely N-dealkylation sites (tertiary alicyclic amines) is 1. The molecule has 0 spiro atoms. The van der Waals surface area contributed by atoms with Gasteiger partial charge >= 0.3 is 0 Å². The number of benzene rings is 2. The van der Waals surface area contributed by atoms with Gasteiger partial charge in [0.1, 0.15) is 6.61 Å². The first-order chi connectivity index (χ1) is 17.1. The highest BCUT2D eigenvalue weighted by atomic mass is 16.7. The topological polar surface area (TPSA) is 77.5 Å². The van der Waals surface area contributed by atoms with E-state index in [0.29, 0.717) is 24.6 Å². The Morgan fingerprint density at radius 1 is 1.19 bits per heavy atom. The fourth-order valence-electron chi connectivity index (χ4n) is 4.90. The van der Waals surface area contributed by atoms with Gasteiger partial charge < -0.3 is 29.0 Å². The molecule has 4 atom stereocenters. The summed E-state index contributed by atoms with van der Waals surface area (Å²) in [7, 11) is 1.60. The van der Waals surface area contributed by atoms with Crippen molar-refractivity contribution in [3.63, 3.8) is 0 Å². The first-order valence-electron chi connectivity index (χ1n) is 12.3. The van der Waals surface area contributed by atoms with Crippen molar-refractivity contribution in [3.8, 4) is 23.3 Å². The van der Waals surface area contributed by atoms with Gasteiger partial charge in [0.25, 0.3) is 5.91 Å². The summed E-state index contributed by atoms with van der Waals surface area (Å²) in [6.07, 6.45) is -1.28. The van der Waals surface area contributed by atoms with Gasteiger partial charge in [-0.2, -0.15) is 0 Å². The van der Waals surface area contributed by atoms with Crippen LogP contribution in [0.2, 0.25) is 0 Å². The van der Waals surface area contributed by atoms with Crippen molar-refractivity contribution in [2.75, 3.05) is 33.4 Å². The van der Waals surface area contributed by atoms with Gasteiger partial charge in [-0.25, -0.2) is 0 Å². The van der Waals surface area contributed by atoms with Crippen LogP contribution in [0.15, 0.2) is 48.5 Å². The molecule has 2 aromatic carbocycles. The average Bonchev–Trinajstić information content (AvgIpc) is 3.42. The Bertz CT molecular complexity index is 1140. The van der Waals surface area contributed by atoms with Crippen LogP contribution >= 0.6 is 0 Å². The Hall–Kier alpha value is -3.05. The second-order valence-corrected chi connectivity index (χ2v) is 10.1. The number of aliphatic hydroxyl groups is 1. The zero-order valence-corrected chi connectivity index (χ0v) is 21.6. The standard InChI is InChI=1S/C29H35NO6/c1-20(31)29(4)19-30(27(32)26-18-35-28(2,3)36-26)17-23(29)22-13-14-24(33-5)25(16-22)34-15-9-12-21-10-7-6-8-11-21/h6-8,10-11,13-14,16,20,23,26,31H,15,17-19H2,1-5H3/t20-,23+,26?,29+/m1/s1. The van der Waals surface area contributed by atoms with E-state index in [1.54, 1.807) is 32.8 Å². The van der Waals surface area contributed by atoms with Crippen LogP contribution in [-0.4, -0.2) is 67.3 Å². The number of rotatable bonds is 6. The van der Waals surface area contributed by atoms with E-state index < -0.39 is 23.4 Å². The van der Waals surface area contributed by atoms with Crippen molar-refractivity contribution < 1.29 is 28.8 Å². The molecule has 0 radical (unpaired) electrons. The molecule has 7 nitrogen and oxygen atoms in total. The maximum Gasteiger partial charge on any atom is 0.254 e. The Balaban J connectivity index is 1.54. The molecule has 7 heteroatoms. The van der Waals surface area contributed by atoms with Crippen LogP contribution in [0.1, 0.15) is 44.7 Å². The number of nitrogens with zero attached hydrogens (tertiary/aromatic N) is 1. The van der Waals surface area contributed by atoms with Gasteiger partial charge in [-0.15, -0.1) is 0 Å². The van der Waals surface area contributed by atoms with Gasteiger partial charge in [0, 0.05) is 30.0 Å². The third kappa shape index (κ3) is 5.52. The lowest BCUT2D eigenvalue weighted by Crippen LogP contribution is -2.42. The summed E-state index contributed by atoms with van der Waals surface area (Å²) in [5.74, 6) is 6.29. The van der Waals surface area contributed by atoms with Crippen molar-refractivity contribution >= 4 is 5.91 Å². The quantitative estimate of drug-likeness (QED) is 0.620. The molecule has 2 fully saturated rings. The predicted octanol–water partition coefficient (Wildman–Crippen LogP) is 3.59. The Labute approximate surface area is 213 Å². The highest BCUT2D eigenvalue weighted by Gasteiger charge is 2.50. The maximum absolute atomic E-state index is 13.3. The molecule has 0 saturated carbocycles. The van der Waals surface area contributed by atoms with Crippen LogP contribution < -0.4 is 9.47 Å². The zero-order valence-electron chi connectivity index (χ0n) is 21.6. The van der Waals surface area contributed by atoms with E-state index in [0.717, 1.165) is 11.1 Å². The molecule has 2 aromatic rings. The molecule has 1 amide bonds. The number of hydrogen-bond acceptors (Lipinski definition) is 6. The average molecular weight is 494 g/mol. The molecule has 2 aliphatic heterocycles. The third-order valence-corrected chi connectivity index (χ3v) is 7.18. The lowest BCUT2D eigenvalue weighted by atomic mass is 9.72. The van der Waals surface area contributed by atoms with Crippen molar-refractivity contribution in [1.29, 1.82) is 0 Å². The van der Waals surface area contributed by atoms with E-state index in [1.807, 2.05) is 55.5 Å². The van der Waals surface area contributed by atoms with Crippen molar-refractivity contribution in [3.05, 3.63) is 59.7 Å². The molecule has 36 heavy (non-hydrogen) atoms. The fraction of sp³-hybridized carbons (Fsp3) is 0.483. The summed E-state index contributed by atoms with van der Waals surface area (Å²) in [5.41, 5.74) is 1.33. The molecule has 1 unspecified atom stereocenters. The normalized spacial score (nSPS) is 25.7. The summed E-state index contributed by atoms with van der Waals surface area (Å²) < 4.78 is 22.9. The van der Waals surface area contributed by atoms with E-state index in [-0.39, 0.29) is 25.0 Å². The van der Waals surface area contributed by atoms with Gasteiger partial charge in [-0.05, 0) is 50.6 Å². The number of aliphatic hydroxyl groups excluding tert-OH is 1. The molecule has 2 aliphatic rings. The number of carbonyl (C=O) groups excluding carboxylic acids is 1. The molecule has 0 bridgehead atoms. The van der Waals surface area contributed by atoms with Crippen LogP contribution in [0.25, 0.3) is 0 Å². The number of methoxy groups -OCH3 is 1. The number of amides is 1. The fourth-order valence-corrected chi connectivity index (χ4v) is 4.90. The molecule has 0 aliphatic carbocycles. The minimum atomic E-state index is -0.779. The van der Waals surface area contributed by atoms with Crippen molar-refractivity contribution in [2.24, 2.45) is 5.41 Å². The number of ether oxygens (including phenoxy) is 4. The van der Waals surface area contributed by atoms with Crippen molar-refractivity contribution in [1.82, 2.24) is 4.90 Å². The molecule has 0 aromatic heterocycles. The minimum Gasteiger partial charge on any atom is -0.493 e. The second-order valence-electron chi connectivity index (χ2n) is 10.1. The summed E-state index contributed by atoms with van der Waals surface area (Å²) in [6, 6.07) is 15.5. The predicted molar refractivity (Wildman–Crippen MR) is 136 cm³/mol. The van der Waals surface area contributed by atoms with Crippen LogP contribution in [0.3, 0.4) is 0 Å².